The molecule has 3 heterocycles. The molecule has 1 N–H and O–H groups in total. The Balaban J connectivity index is 1.45. The van der Waals surface area contributed by atoms with Crippen LogP contribution in [0.15, 0.2) is 17.6 Å². The summed E-state index contributed by atoms with van der Waals surface area (Å²) in [5.74, 6) is 0.810. The first-order valence-electron chi connectivity index (χ1n) is 13.3. The van der Waals surface area contributed by atoms with Crippen LogP contribution in [0.1, 0.15) is 87.5 Å². The lowest BCUT2D eigenvalue weighted by molar-refractivity contribution is -0.136. The highest BCUT2D eigenvalue weighted by Crippen LogP contribution is 2.36. The molecule has 0 aromatic carbocycles. The van der Waals surface area contributed by atoms with Crippen molar-refractivity contribution in [2.75, 3.05) is 12.3 Å². The summed E-state index contributed by atoms with van der Waals surface area (Å²) >= 11 is 1.61. The zero-order chi connectivity index (χ0) is 27.4. The summed E-state index contributed by atoms with van der Waals surface area (Å²) in [4.78, 5) is 36.1. The van der Waals surface area contributed by atoms with E-state index in [0.29, 0.717) is 5.16 Å². The summed E-state index contributed by atoms with van der Waals surface area (Å²) in [7, 11) is -0.467. The topological polar surface area (TPSA) is 103 Å². The van der Waals surface area contributed by atoms with Gasteiger partial charge >= 0.3 is 13.2 Å². The Kier molecular flexibility index (Phi) is 9.56. The van der Waals surface area contributed by atoms with Gasteiger partial charge in [0.15, 0.2) is 5.16 Å². The third-order valence-corrected chi connectivity index (χ3v) is 8.06. The lowest BCUT2D eigenvalue weighted by Crippen LogP contribution is -2.52. The fourth-order valence-electron chi connectivity index (χ4n) is 4.37. The number of aromatic nitrogens is 2. The van der Waals surface area contributed by atoms with Gasteiger partial charge < -0.3 is 24.3 Å². The molecule has 3 rings (SSSR count). The summed E-state index contributed by atoms with van der Waals surface area (Å²) in [6.45, 7) is 16.0. The van der Waals surface area contributed by atoms with Crippen molar-refractivity contribution in [3.8, 4) is 0 Å². The van der Waals surface area contributed by atoms with Crippen LogP contribution in [0, 0.1) is 0 Å². The quantitative estimate of drug-likeness (QED) is 0.232. The van der Waals surface area contributed by atoms with Crippen molar-refractivity contribution in [3.05, 3.63) is 12.4 Å². The average molecular weight is 535 g/mol. The van der Waals surface area contributed by atoms with Gasteiger partial charge in [0, 0.05) is 36.2 Å². The number of likely N-dealkylation sites (tertiary alicyclic amines) is 1. The van der Waals surface area contributed by atoms with Gasteiger partial charge in [-0.2, -0.15) is 0 Å². The molecule has 0 radical (unpaired) electrons. The Morgan fingerprint density at radius 3 is 2.41 bits per heavy atom. The van der Waals surface area contributed by atoms with Crippen LogP contribution in [-0.4, -0.2) is 75.2 Å². The third-order valence-electron chi connectivity index (χ3n) is 7.10. The zero-order valence-electron chi connectivity index (χ0n) is 23.6. The normalized spacial score (nSPS) is 22.0. The van der Waals surface area contributed by atoms with Gasteiger partial charge in [-0.05, 0) is 87.5 Å². The van der Waals surface area contributed by atoms with Gasteiger partial charge in [0.25, 0.3) is 0 Å². The highest BCUT2D eigenvalue weighted by atomic mass is 32.2. The van der Waals surface area contributed by atoms with Crippen molar-refractivity contribution in [2.45, 2.75) is 122 Å². The second-order valence-corrected chi connectivity index (χ2v) is 13.0. The summed E-state index contributed by atoms with van der Waals surface area (Å²) in [6, 6.07) is -0.447. The van der Waals surface area contributed by atoms with Crippen molar-refractivity contribution in [2.24, 2.45) is 0 Å². The highest BCUT2D eigenvalue weighted by Gasteiger charge is 2.52. The Bertz CT molecular complexity index is 922. The molecule has 1 aromatic heterocycles. The molecule has 0 unspecified atom stereocenters. The lowest BCUT2D eigenvalue weighted by atomic mass is 9.81. The minimum Gasteiger partial charge on any atom is -0.444 e. The molecule has 11 heteroatoms. The second kappa shape index (κ2) is 11.9. The fraction of sp³-hybridized carbons (Fsp3) is 0.769. The molecule has 0 bridgehead atoms. The fourth-order valence-corrected chi connectivity index (χ4v) is 5.12. The van der Waals surface area contributed by atoms with E-state index >= 15 is 0 Å². The third kappa shape index (κ3) is 8.07. The summed E-state index contributed by atoms with van der Waals surface area (Å²) in [6.07, 6.45) is 7.91. The van der Waals surface area contributed by atoms with Crippen molar-refractivity contribution in [1.82, 2.24) is 20.2 Å². The number of rotatable bonds is 8. The molecule has 2 atom stereocenters. The minimum atomic E-state index is -0.624. The van der Waals surface area contributed by atoms with Crippen LogP contribution >= 0.6 is 11.8 Å². The number of thioether (sulfide) groups is 1. The summed E-state index contributed by atoms with van der Waals surface area (Å²) < 4.78 is 17.4. The molecule has 2 aliphatic rings. The Morgan fingerprint density at radius 2 is 1.81 bits per heavy atom. The number of piperidine rings is 1. The van der Waals surface area contributed by atoms with Gasteiger partial charge in [0.05, 0.1) is 11.2 Å². The first-order valence-corrected chi connectivity index (χ1v) is 14.3. The van der Waals surface area contributed by atoms with Crippen molar-refractivity contribution in [1.29, 1.82) is 0 Å². The molecule has 2 aliphatic heterocycles. The zero-order valence-corrected chi connectivity index (χ0v) is 24.4. The average Bonchev–Trinajstić information content (AvgIpc) is 3.02. The number of carbonyl (C=O) groups is 2. The maximum absolute atomic E-state index is 13.1. The van der Waals surface area contributed by atoms with E-state index in [1.165, 1.54) is 0 Å². The van der Waals surface area contributed by atoms with Gasteiger partial charge in [-0.3, -0.25) is 4.79 Å². The Labute approximate surface area is 226 Å². The van der Waals surface area contributed by atoms with E-state index in [1.54, 1.807) is 51.9 Å². The first kappa shape index (κ1) is 29.7. The van der Waals surface area contributed by atoms with E-state index in [1.807, 2.05) is 32.6 Å². The molecular formula is C26H43BN4O5S. The molecular weight excluding hydrogens is 491 g/mol. The van der Waals surface area contributed by atoms with Gasteiger partial charge in [-0.1, -0.05) is 11.8 Å². The largest absolute Gasteiger partial charge is 0.498 e. The van der Waals surface area contributed by atoms with Crippen LogP contribution < -0.4 is 10.8 Å². The van der Waals surface area contributed by atoms with Crippen LogP contribution in [0.4, 0.5) is 4.79 Å². The molecule has 2 saturated heterocycles. The number of alkyl carbamates (subject to hydrolysis) is 1. The van der Waals surface area contributed by atoms with Crippen LogP contribution in [0.2, 0.25) is 0 Å². The minimum absolute atomic E-state index is 0.0511. The molecule has 0 spiro atoms. The van der Waals surface area contributed by atoms with E-state index in [2.05, 4.69) is 15.3 Å². The number of hydrogen-bond acceptors (Lipinski definition) is 8. The predicted molar refractivity (Wildman–Crippen MR) is 146 cm³/mol. The lowest BCUT2D eigenvalue weighted by Gasteiger charge is -2.37. The van der Waals surface area contributed by atoms with E-state index in [9.17, 15) is 9.59 Å². The van der Waals surface area contributed by atoms with Crippen LogP contribution in [0.3, 0.4) is 0 Å². The van der Waals surface area contributed by atoms with Crippen molar-refractivity contribution in [3.63, 3.8) is 0 Å². The molecule has 0 aliphatic carbocycles. The standard InChI is InChI=1S/C26H43BN4O5S/c1-18(30-23(33)34-24(2,3)4)21(32)31-14-10-9-12-20(31)13-11-15-37-22-28-16-19(17-29-22)27-35-25(5,6)26(7,8)36-27/h16-18,20H,9-15H2,1-8H3,(H,30,33)/t18-,20-/m1/s1. The van der Waals surface area contributed by atoms with E-state index in [0.717, 1.165) is 49.9 Å². The molecule has 9 nitrogen and oxygen atoms in total. The summed E-state index contributed by atoms with van der Waals surface area (Å²) in [5.41, 5.74) is -0.589. The number of ether oxygens (including phenoxy) is 1. The van der Waals surface area contributed by atoms with Crippen molar-refractivity contribution < 1.29 is 23.6 Å². The van der Waals surface area contributed by atoms with Crippen LogP contribution in [-0.2, 0) is 18.8 Å². The molecule has 37 heavy (non-hydrogen) atoms. The van der Waals surface area contributed by atoms with E-state index < -0.39 is 36.1 Å². The van der Waals surface area contributed by atoms with Crippen LogP contribution in [0.5, 0.6) is 0 Å². The molecule has 0 saturated carbocycles. The van der Waals surface area contributed by atoms with Gasteiger partial charge in [-0.15, -0.1) is 0 Å². The maximum atomic E-state index is 13.1. The van der Waals surface area contributed by atoms with E-state index in [-0.39, 0.29) is 11.9 Å². The number of amides is 2. The van der Waals surface area contributed by atoms with Gasteiger partial charge in [0.1, 0.15) is 11.6 Å². The number of hydrogen-bond donors (Lipinski definition) is 1. The monoisotopic (exact) mass is 534 g/mol. The Morgan fingerprint density at radius 1 is 1.19 bits per heavy atom. The SMILES string of the molecule is C[C@@H](NC(=O)OC(C)(C)C)C(=O)N1CCCC[C@@H]1CCCSc1ncc(B2OC(C)(C)C(C)(C)O2)cn1. The van der Waals surface area contributed by atoms with Crippen molar-refractivity contribution >= 4 is 36.3 Å². The molecule has 1 aromatic rings. The molecule has 206 valence electrons. The number of carbonyl (C=O) groups excluding carboxylic acids is 2. The van der Waals surface area contributed by atoms with Crippen LogP contribution in [0.25, 0.3) is 0 Å². The number of nitrogens with zero attached hydrogens (tertiary/aromatic N) is 3. The highest BCUT2D eigenvalue weighted by molar-refractivity contribution is 7.99. The first-order chi connectivity index (χ1) is 17.2. The molecule has 2 amide bonds. The Hall–Kier alpha value is -1.85. The maximum Gasteiger partial charge on any atom is 0.498 e. The van der Waals surface area contributed by atoms with E-state index in [4.69, 9.17) is 14.0 Å². The summed E-state index contributed by atoms with van der Waals surface area (Å²) in [5, 5.41) is 3.40. The second-order valence-electron chi connectivity index (χ2n) is 11.9. The number of nitrogens with one attached hydrogen (secondary N) is 1. The van der Waals surface area contributed by atoms with Gasteiger partial charge in [-0.25, -0.2) is 14.8 Å². The van der Waals surface area contributed by atoms with Gasteiger partial charge in [0.2, 0.25) is 5.91 Å². The molecule has 2 fully saturated rings. The smallest absolute Gasteiger partial charge is 0.444 e. The predicted octanol–water partition coefficient (Wildman–Crippen LogP) is 3.94.